The number of hydrogen-bond donors (Lipinski definition) is 3. The third-order valence-electron chi connectivity index (χ3n) is 1.76. The zero-order valence-electron chi connectivity index (χ0n) is 7.58. The van der Waals surface area contributed by atoms with E-state index in [0.717, 1.165) is 0 Å². The van der Waals surface area contributed by atoms with E-state index in [4.69, 9.17) is 10.2 Å². The second-order valence-corrected chi connectivity index (χ2v) is 2.76. The first kappa shape index (κ1) is 11.4. The Hall–Kier alpha value is -2.64. The molecule has 0 saturated carbocycles. The molecular weight excluding hydrogens is 222 g/mol. The molecule has 84 valence electrons. The predicted octanol–water partition coefficient (Wildman–Crippen LogP) is 0.697. The summed E-state index contributed by atoms with van der Waals surface area (Å²) in [5.74, 6) is -4.24. The minimum absolute atomic E-state index is 0.582. The van der Waals surface area contributed by atoms with Crippen LogP contribution in [0, 0.1) is 10.1 Å². The summed E-state index contributed by atoms with van der Waals surface area (Å²) < 4.78 is 0. The fraction of sp³-hybridized carbons (Fsp3) is 0. The molecule has 0 amide bonds. The number of hydrogen-bond acceptors (Lipinski definition) is 5. The van der Waals surface area contributed by atoms with Gasteiger partial charge in [0.25, 0.3) is 0 Å². The van der Waals surface area contributed by atoms with Gasteiger partial charge in [0.05, 0.1) is 10.5 Å². The first-order valence-corrected chi connectivity index (χ1v) is 3.82. The summed E-state index contributed by atoms with van der Waals surface area (Å²) in [5.41, 5.74) is -2.37. The van der Waals surface area contributed by atoms with E-state index in [1.54, 1.807) is 0 Å². The van der Waals surface area contributed by atoms with Crippen molar-refractivity contribution in [2.45, 2.75) is 0 Å². The van der Waals surface area contributed by atoms with Gasteiger partial charge < -0.3 is 15.3 Å². The lowest BCUT2D eigenvalue weighted by Crippen LogP contribution is -2.05. The molecule has 0 aliphatic rings. The molecule has 0 aliphatic heterocycles. The molecule has 0 spiro atoms. The Morgan fingerprint density at radius 3 is 2.12 bits per heavy atom. The molecule has 0 aromatic heterocycles. The molecule has 8 heteroatoms. The average Bonchev–Trinajstić information content (AvgIpc) is 2.16. The summed E-state index contributed by atoms with van der Waals surface area (Å²) in [5, 5.41) is 36.8. The van der Waals surface area contributed by atoms with Gasteiger partial charge in [0.2, 0.25) is 5.75 Å². The molecule has 0 bridgehead atoms. The molecule has 1 aromatic carbocycles. The summed E-state index contributed by atoms with van der Waals surface area (Å²) in [6.07, 6.45) is 0. The monoisotopic (exact) mass is 227 g/mol. The highest BCUT2D eigenvalue weighted by Crippen LogP contribution is 2.31. The van der Waals surface area contributed by atoms with Crippen molar-refractivity contribution in [3.05, 3.63) is 33.4 Å². The van der Waals surface area contributed by atoms with Gasteiger partial charge in [-0.05, 0) is 6.07 Å². The van der Waals surface area contributed by atoms with Crippen LogP contribution in [0.2, 0.25) is 0 Å². The summed E-state index contributed by atoms with van der Waals surface area (Å²) in [6.45, 7) is 0. The maximum Gasteiger partial charge on any atom is 0.339 e. The molecule has 1 rings (SSSR count). The highest BCUT2D eigenvalue weighted by Gasteiger charge is 2.24. The number of nitrogens with zero attached hydrogens (tertiary/aromatic N) is 1. The number of nitro benzene ring substituents is 1. The van der Waals surface area contributed by atoms with Crippen LogP contribution in [0.15, 0.2) is 12.1 Å². The van der Waals surface area contributed by atoms with Crippen molar-refractivity contribution in [2.24, 2.45) is 0 Å². The van der Waals surface area contributed by atoms with Crippen molar-refractivity contribution in [3.63, 3.8) is 0 Å². The quantitative estimate of drug-likeness (QED) is 0.510. The van der Waals surface area contributed by atoms with Crippen LogP contribution in [0.5, 0.6) is 5.75 Å². The molecule has 0 radical (unpaired) electrons. The normalized spacial score (nSPS) is 9.75. The predicted molar refractivity (Wildman–Crippen MR) is 48.7 cm³/mol. The van der Waals surface area contributed by atoms with Crippen molar-refractivity contribution < 1.29 is 29.8 Å². The number of carboxylic acids is 2. The number of nitro groups is 1. The third-order valence-corrected chi connectivity index (χ3v) is 1.76. The van der Waals surface area contributed by atoms with Gasteiger partial charge in [-0.2, -0.15) is 0 Å². The smallest absolute Gasteiger partial charge is 0.339 e. The van der Waals surface area contributed by atoms with Gasteiger partial charge in [-0.3, -0.25) is 10.1 Å². The zero-order chi connectivity index (χ0) is 12.5. The van der Waals surface area contributed by atoms with Crippen molar-refractivity contribution in [1.29, 1.82) is 0 Å². The van der Waals surface area contributed by atoms with E-state index in [1.807, 2.05) is 0 Å². The van der Waals surface area contributed by atoms with E-state index in [-0.39, 0.29) is 0 Å². The van der Waals surface area contributed by atoms with Crippen LogP contribution in [-0.2, 0) is 0 Å². The largest absolute Gasteiger partial charge is 0.501 e. The van der Waals surface area contributed by atoms with Gasteiger partial charge in [0.1, 0.15) is 5.56 Å². The van der Waals surface area contributed by atoms with Crippen LogP contribution in [-0.4, -0.2) is 32.2 Å². The molecule has 0 atom stereocenters. The summed E-state index contributed by atoms with van der Waals surface area (Å²) in [4.78, 5) is 30.5. The minimum atomic E-state index is -1.65. The fourth-order valence-electron chi connectivity index (χ4n) is 1.04. The maximum atomic E-state index is 10.6. The van der Waals surface area contributed by atoms with Crippen LogP contribution in [0.4, 0.5) is 5.69 Å². The molecule has 0 saturated heterocycles. The Balaban J connectivity index is 3.57. The van der Waals surface area contributed by atoms with Crippen molar-refractivity contribution in [1.82, 2.24) is 0 Å². The average molecular weight is 227 g/mol. The fourth-order valence-corrected chi connectivity index (χ4v) is 1.04. The van der Waals surface area contributed by atoms with E-state index in [0.29, 0.717) is 12.1 Å². The number of rotatable bonds is 3. The van der Waals surface area contributed by atoms with E-state index in [1.165, 1.54) is 0 Å². The van der Waals surface area contributed by atoms with Gasteiger partial charge in [-0.1, -0.05) is 0 Å². The number of carbonyl (C=O) groups is 2. The van der Waals surface area contributed by atoms with E-state index >= 15 is 0 Å². The van der Waals surface area contributed by atoms with Crippen molar-refractivity contribution in [2.75, 3.05) is 0 Å². The molecule has 8 nitrogen and oxygen atoms in total. The van der Waals surface area contributed by atoms with E-state index in [9.17, 15) is 24.8 Å². The number of benzene rings is 1. The molecule has 3 N–H and O–H groups in total. The molecule has 0 heterocycles. The highest BCUT2D eigenvalue weighted by molar-refractivity contribution is 5.97. The Labute approximate surface area is 87.5 Å². The molecule has 16 heavy (non-hydrogen) atoms. The topological polar surface area (TPSA) is 138 Å². The molecular formula is C8H5NO7. The van der Waals surface area contributed by atoms with Gasteiger partial charge in [-0.25, -0.2) is 9.59 Å². The number of carboxylic acid groups (broad SMARTS) is 2. The van der Waals surface area contributed by atoms with E-state index in [2.05, 4.69) is 0 Å². The lowest BCUT2D eigenvalue weighted by Gasteiger charge is -2.02. The molecule has 0 fully saturated rings. The molecule has 0 aliphatic carbocycles. The van der Waals surface area contributed by atoms with E-state index < -0.39 is 39.4 Å². The number of aromatic hydroxyl groups is 1. The van der Waals surface area contributed by atoms with Gasteiger partial charge in [0, 0.05) is 6.07 Å². The minimum Gasteiger partial charge on any atom is -0.501 e. The Kier molecular flexibility index (Phi) is 2.75. The van der Waals surface area contributed by atoms with Crippen molar-refractivity contribution in [3.8, 4) is 5.75 Å². The molecule has 0 unspecified atom stereocenters. The Morgan fingerprint density at radius 2 is 1.75 bits per heavy atom. The summed E-state index contributed by atoms with van der Waals surface area (Å²) in [7, 11) is 0. The maximum absolute atomic E-state index is 10.6. The first-order chi connectivity index (χ1) is 7.34. The Morgan fingerprint density at radius 1 is 1.19 bits per heavy atom. The third kappa shape index (κ3) is 1.90. The van der Waals surface area contributed by atoms with Gasteiger partial charge in [-0.15, -0.1) is 0 Å². The lowest BCUT2D eigenvalue weighted by molar-refractivity contribution is -0.385. The highest BCUT2D eigenvalue weighted by atomic mass is 16.6. The van der Waals surface area contributed by atoms with Crippen LogP contribution >= 0.6 is 0 Å². The molecule has 1 aromatic rings. The second kappa shape index (κ2) is 3.85. The standard InChI is InChI=1S/C8H5NO7/c10-6-4(8(13)14)1-3(7(11)12)2-5(6)9(15)16/h1-2,10H,(H,11,12)(H,13,14). The van der Waals surface area contributed by atoms with Crippen molar-refractivity contribution >= 4 is 17.6 Å². The Bertz CT molecular complexity index is 458. The summed E-state index contributed by atoms with van der Waals surface area (Å²) in [6, 6.07) is 1.23. The summed E-state index contributed by atoms with van der Waals surface area (Å²) >= 11 is 0. The second-order valence-electron chi connectivity index (χ2n) is 2.76. The lowest BCUT2D eigenvalue weighted by atomic mass is 10.1. The van der Waals surface area contributed by atoms with Crippen LogP contribution in [0.1, 0.15) is 20.7 Å². The van der Waals surface area contributed by atoms with Crippen LogP contribution in [0.3, 0.4) is 0 Å². The van der Waals surface area contributed by atoms with Gasteiger partial charge in [0.15, 0.2) is 0 Å². The number of phenols is 1. The first-order valence-electron chi connectivity index (χ1n) is 3.82. The van der Waals surface area contributed by atoms with Gasteiger partial charge >= 0.3 is 17.6 Å². The SMILES string of the molecule is O=C(O)c1cc(C(=O)O)c(O)c([N+](=O)[O-])c1. The zero-order valence-corrected chi connectivity index (χ0v) is 7.58. The van der Waals surface area contributed by atoms with Crippen LogP contribution in [0.25, 0.3) is 0 Å². The number of aromatic carboxylic acids is 2. The van der Waals surface area contributed by atoms with Crippen LogP contribution < -0.4 is 0 Å².